The molecule has 3 nitrogen and oxygen atoms in total. The van der Waals surface area contributed by atoms with Crippen LogP contribution < -0.4 is 0 Å². The summed E-state index contributed by atoms with van der Waals surface area (Å²) >= 11 is 1.48. The van der Waals surface area contributed by atoms with Crippen molar-refractivity contribution >= 4 is 21.7 Å². The highest BCUT2D eigenvalue weighted by atomic mass is 32.1. The first-order valence-electron chi connectivity index (χ1n) is 6.26. The fourth-order valence-electron chi connectivity index (χ4n) is 2.36. The maximum atomic E-state index is 4.82. The van der Waals surface area contributed by atoms with E-state index < -0.39 is 0 Å². The molecule has 2 aromatic rings. The lowest BCUT2D eigenvalue weighted by atomic mass is 9.83. The van der Waals surface area contributed by atoms with Crippen LogP contribution in [-0.4, -0.2) is 14.6 Å². The van der Waals surface area contributed by atoms with Gasteiger partial charge in [-0.25, -0.2) is 0 Å². The Morgan fingerprint density at radius 2 is 1.56 bits per heavy atom. The number of hydrogen-bond donors (Lipinski definition) is 0. The van der Waals surface area contributed by atoms with E-state index in [1.54, 1.807) is 0 Å². The first kappa shape index (κ1) is 13.4. The minimum absolute atomic E-state index is 0.00478. The molecule has 0 unspecified atom stereocenters. The largest absolute Gasteiger partial charge is 0.255 e. The Morgan fingerprint density at radius 3 is 2.06 bits per heavy atom. The summed E-state index contributed by atoms with van der Waals surface area (Å²) in [6.07, 6.45) is 0. The summed E-state index contributed by atoms with van der Waals surface area (Å²) in [5.74, 6) is 0. The molecule has 0 N–H and O–H groups in total. The van der Waals surface area contributed by atoms with Crippen LogP contribution in [0.4, 0.5) is 0 Å². The van der Waals surface area contributed by atoms with Gasteiger partial charge in [0.05, 0.1) is 10.4 Å². The molecule has 0 saturated carbocycles. The van der Waals surface area contributed by atoms with E-state index in [4.69, 9.17) is 4.98 Å². The lowest BCUT2D eigenvalue weighted by Gasteiger charge is -2.25. The van der Waals surface area contributed by atoms with E-state index in [-0.39, 0.29) is 10.8 Å². The molecule has 0 saturated heterocycles. The second-order valence-electron chi connectivity index (χ2n) is 6.87. The zero-order valence-electron chi connectivity index (χ0n) is 12.2. The summed E-state index contributed by atoms with van der Waals surface area (Å²) in [4.78, 5) is 4.82. The van der Waals surface area contributed by atoms with Crippen molar-refractivity contribution in [1.29, 1.82) is 0 Å². The first-order chi connectivity index (χ1) is 8.12. The van der Waals surface area contributed by atoms with Gasteiger partial charge in [0.1, 0.15) is 5.52 Å². The Morgan fingerprint density at radius 1 is 0.944 bits per heavy atom. The number of aryl methyl sites for hydroxylation is 1. The third-order valence-electron chi connectivity index (χ3n) is 3.04. The minimum atomic E-state index is -0.00478. The van der Waals surface area contributed by atoms with Gasteiger partial charge in [0.25, 0.3) is 0 Å². The lowest BCUT2D eigenvalue weighted by Crippen LogP contribution is -2.20. The number of fused-ring (bicyclic) bond motifs is 1. The maximum Gasteiger partial charge on any atom is 0.128 e. The van der Waals surface area contributed by atoms with E-state index in [9.17, 15) is 0 Å². The molecule has 0 aromatic carbocycles. The topological polar surface area (TPSA) is 38.7 Å². The van der Waals surface area contributed by atoms with Crippen LogP contribution in [0.3, 0.4) is 0 Å². The highest BCUT2D eigenvalue weighted by Crippen LogP contribution is 2.37. The molecule has 2 rings (SSSR count). The van der Waals surface area contributed by atoms with Crippen molar-refractivity contribution in [3.63, 3.8) is 0 Å². The predicted molar refractivity (Wildman–Crippen MR) is 77.3 cm³/mol. The van der Waals surface area contributed by atoms with Crippen LogP contribution in [-0.2, 0) is 10.8 Å². The molecule has 0 radical (unpaired) electrons. The van der Waals surface area contributed by atoms with E-state index in [0.717, 1.165) is 16.9 Å². The molecule has 0 amide bonds. The third-order valence-corrected chi connectivity index (χ3v) is 3.78. The standard InChI is InChI=1S/C14H21N3S/c1-8-9(13(2,3)4)11-10(16-17-18-11)12(15-8)14(5,6)7/h1-7H3. The van der Waals surface area contributed by atoms with Gasteiger partial charge in [-0.2, -0.15) is 0 Å². The number of nitrogens with zero attached hydrogens (tertiary/aromatic N) is 3. The lowest BCUT2D eigenvalue weighted by molar-refractivity contribution is 0.560. The monoisotopic (exact) mass is 263 g/mol. The molecule has 0 spiro atoms. The summed E-state index contributed by atoms with van der Waals surface area (Å²) in [6.45, 7) is 15.3. The Bertz CT molecular complexity index is 585. The molecule has 0 aliphatic rings. The third kappa shape index (κ3) is 2.14. The van der Waals surface area contributed by atoms with Crippen molar-refractivity contribution in [2.75, 3.05) is 0 Å². The Kier molecular flexibility index (Phi) is 2.97. The smallest absolute Gasteiger partial charge is 0.128 e. The Balaban J connectivity index is 2.87. The highest BCUT2D eigenvalue weighted by molar-refractivity contribution is 7.13. The van der Waals surface area contributed by atoms with Crippen LogP contribution >= 0.6 is 11.5 Å². The number of aromatic nitrogens is 3. The van der Waals surface area contributed by atoms with Crippen molar-refractivity contribution in [2.24, 2.45) is 0 Å². The van der Waals surface area contributed by atoms with Gasteiger partial charge in [-0.15, -0.1) is 5.10 Å². The van der Waals surface area contributed by atoms with E-state index in [1.807, 2.05) is 0 Å². The summed E-state index contributed by atoms with van der Waals surface area (Å²) < 4.78 is 5.34. The van der Waals surface area contributed by atoms with Gasteiger partial charge < -0.3 is 0 Å². The second kappa shape index (κ2) is 3.98. The van der Waals surface area contributed by atoms with Crippen LogP contribution in [0, 0.1) is 6.92 Å². The zero-order chi connectivity index (χ0) is 13.7. The van der Waals surface area contributed by atoms with Crippen molar-refractivity contribution in [3.8, 4) is 0 Å². The predicted octanol–water partition coefficient (Wildman–Crippen LogP) is 3.99. The second-order valence-corrected chi connectivity index (χ2v) is 7.63. The molecular formula is C14H21N3S. The fourth-order valence-corrected chi connectivity index (χ4v) is 3.33. The molecule has 18 heavy (non-hydrogen) atoms. The maximum absolute atomic E-state index is 4.82. The first-order valence-corrected chi connectivity index (χ1v) is 7.03. The van der Waals surface area contributed by atoms with Crippen molar-refractivity contribution in [1.82, 2.24) is 14.6 Å². The molecule has 2 aromatic heterocycles. The van der Waals surface area contributed by atoms with Crippen molar-refractivity contribution in [2.45, 2.75) is 59.3 Å². The van der Waals surface area contributed by atoms with Gasteiger partial charge in [-0.05, 0) is 29.4 Å². The fraction of sp³-hybridized carbons (Fsp3) is 0.643. The van der Waals surface area contributed by atoms with Crippen LogP contribution in [0.5, 0.6) is 0 Å². The Hall–Kier alpha value is -1.03. The highest BCUT2D eigenvalue weighted by Gasteiger charge is 2.28. The van der Waals surface area contributed by atoms with E-state index >= 15 is 0 Å². The van der Waals surface area contributed by atoms with Crippen molar-refractivity contribution < 1.29 is 0 Å². The average molecular weight is 263 g/mol. The molecule has 0 fully saturated rings. The van der Waals surface area contributed by atoms with Gasteiger partial charge in [0.2, 0.25) is 0 Å². The van der Waals surface area contributed by atoms with Gasteiger partial charge in [-0.3, -0.25) is 4.98 Å². The Labute approximate surface area is 113 Å². The van der Waals surface area contributed by atoms with Crippen LogP contribution in [0.1, 0.15) is 58.5 Å². The summed E-state index contributed by atoms with van der Waals surface area (Å²) in [7, 11) is 0. The molecule has 0 bridgehead atoms. The summed E-state index contributed by atoms with van der Waals surface area (Å²) in [6, 6.07) is 0. The molecule has 98 valence electrons. The van der Waals surface area contributed by atoms with E-state index in [0.29, 0.717) is 0 Å². The van der Waals surface area contributed by atoms with Gasteiger partial charge >= 0.3 is 0 Å². The summed E-state index contributed by atoms with van der Waals surface area (Å²) in [5, 5.41) is 4.31. The van der Waals surface area contributed by atoms with Crippen LogP contribution in [0.15, 0.2) is 0 Å². The van der Waals surface area contributed by atoms with E-state index in [2.05, 4.69) is 58.1 Å². The van der Waals surface area contributed by atoms with Crippen LogP contribution in [0.25, 0.3) is 10.2 Å². The molecule has 0 atom stereocenters. The molecule has 0 aliphatic heterocycles. The molecule has 2 heterocycles. The molecule has 0 aliphatic carbocycles. The molecule has 4 heteroatoms. The van der Waals surface area contributed by atoms with Crippen LogP contribution in [0.2, 0.25) is 0 Å². The van der Waals surface area contributed by atoms with E-state index in [1.165, 1.54) is 21.8 Å². The van der Waals surface area contributed by atoms with Gasteiger partial charge in [0.15, 0.2) is 0 Å². The average Bonchev–Trinajstić information content (AvgIpc) is 2.60. The minimum Gasteiger partial charge on any atom is -0.255 e. The summed E-state index contributed by atoms with van der Waals surface area (Å²) in [5.41, 5.74) is 4.47. The van der Waals surface area contributed by atoms with Gasteiger partial charge in [0, 0.05) is 11.1 Å². The quantitative estimate of drug-likeness (QED) is 0.721. The zero-order valence-corrected chi connectivity index (χ0v) is 13.1. The SMILES string of the molecule is Cc1nc(C(C)(C)C)c2nnsc2c1C(C)(C)C. The number of pyridine rings is 1. The van der Waals surface area contributed by atoms with Crippen molar-refractivity contribution in [3.05, 3.63) is 17.0 Å². The number of hydrogen-bond acceptors (Lipinski definition) is 4. The van der Waals surface area contributed by atoms with Gasteiger partial charge in [-0.1, -0.05) is 46.0 Å². The molecular weight excluding hydrogens is 242 g/mol. The normalized spacial score (nSPS) is 13.3. The number of rotatable bonds is 0.